The van der Waals surface area contributed by atoms with E-state index in [9.17, 15) is 15.2 Å². The van der Waals surface area contributed by atoms with E-state index in [1.807, 2.05) is 18.0 Å². The second-order valence-corrected chi connectivity index (χ2v) is 5.98. The summed E-state index contributed by atoms with van der Waals surface area (Å²) in [6, 6.07) is 5.33. The first-order chi connectivity index (χ1) is 9.39. The van der Waals surface area contributed by atoms with E-state index in [1.54, 1.807) is 19.1 Å². The molecule has 1 aromatic rings. The second-order valence-electron chi connectivity index (χ2n) is 5.98. The highest BCUT2D eigenvalue weighted by atomic mass is 16.6. The summed E-state index contributed by atoms with van der Waals surface area (Å²) in [4.78, 5) is 12.6. The first-order valence-corrected chi connectivity index (χ1v) is 7.04. The number of nitro groups is 1. The van der Waals surface area contributed by atoms with Gasteiger partial charge >= 0.3 is 0 Å². The van der Waals surface area contributed by atoms with Gasteiger partial charge in [-0.3, -0.25) is 15.0 Å². The quantitative estimate of drug-likeness (QED) is 0.664. The van der Waals surface area contributed by atoms with E-state index in [2.05, 4.69) is 0 Å². The molecular weight excluding hydrogens is 256 g/mol. The molecule has 0 heterocycles. The third-order valence-electron chi connectivity index (χ3n) is 4.02. The van der Waals surface area contributed by atoms with Crippen LogP contribution in [0.4, 0.5) is 5.69 Å². The largest absolute Gasteiger partial charge is 0.389 e. The molecular formula is C15H22N2O3. The van der Waals surface area contributed by atoms with Crippen molar-refractivity contribution >= 4 is 5.69 Å². The van der Waals surface area contributed by atoms with Crippen LogP contribution >= 0.6 is 0 Å². The van der Waals surface area contributed by atoms with E-state index < -0.39 is 5.60 Å². The Balaban J connectivity index is 2.02. The van der Waals surface area contributed by atoms with Gasteiger partial charge < -0.3 is 5.11 Å². The zero-order chi connectivity index (χ0) is 14.8. The third-order valence-corrected chi connectivity index (χ3v) is 4.02. The van der Waals surface area contributed by atoms with Crippen LogP contribution in [0, 0.1) is 17.0 Å². The van der Waals surface area contributed by atoms with Crippen molar-refractivity contribution in [2.45, 2.75) is 44.8 Å². The van der Waals surface area contributed by atoms with Crippen molar-refractivity contribution in [2.75, 3.05) is 13.6 Å². The van der Waals surface area contributed by atoms with E-state index in [4.69, 9.17) is 0 Å². The summed E-state index contributed by atoms with van der Waals surface area (Å²) in [6.07, 6.45) is 3.87. The van der Waals surface area contributed by atoms with Gasteiger partial charge in [-0.2, -0.15) is 0 Å². The van der Waals surface area contributed by atoms with Gasteiger partial charge in [-0.25, -0.2) is 0 Å². The van der Waals surface area contributed by atoms with Crippen LogP contribution in [0.25, 0.3) is 0 Å². The highest BCUT2D eigenvalue weighted by Crippen LogP contribution is 2.30. The lowest BCUT2D eigenvalue weighted by Gasteiger charge is -2.28. The summed E-state index contributed by atoms with van der Waals surface area (Å²) in [5.74, 6) is 0. The lowest BCUT2D eigenvalue weighted by molar-refractivity contribution is -0.385. The summed E-state index contributed by atoms with van der Waals surface area (Å²) in [5.41, 5.74) is 1.17. The third kappa shape index (κ3) is 3.55. The average Bonchev–Trinajstić information content (AvgIpc) is 2.77. The number of aryl methyl sites for hydroxylation is 1. The molecule has 0 aromatic heterocycles. The zero-order valence-corrected chi connectivity index (χ0v) is 12.1. The summed E-state index contributed by atoms with van der Waals surface area (Å²) in [7, 11) is 1.95. The molecule has 0 bridgehead atoms. The molecule has 1 saturated carbocycles. The number of rotatable bonds is 5. The molecule has 0 amide bonds. The second kappa shape index (κ2) is 5.89. The van der Waals surface area contributed by atoms with Crippen molar-refractivity contribution in [3.63, 3.8) is 0 Å². The van der Waals surface area contributed by atoms with E-state index in [0.29, 0.717) is 18.7 Å². The van der Waals surface area contributed by atoms with Crippen LogP contribution in [0.2, 0.25) is 0 Å². The van der Waals surface area contributed by atoms with Crippen LogP contribution in [0.3, 0.4) is 0 Å². The Morgan fingerprint density at radius 3 is 2.65 bits per heavy atom. The monoisotopic (exact) mass is 278 g/mol. The molecule has 1 N–H and O–H groups in total. The molecule has 1 aliphatic rings. The minimum absolute atomic E-state index is 0.162. The predicted octanol–water partition coefficient (Wildman–Crippen LogP) is 2.64. The van der Waals surface area contributed by atoms with Gasteiger partial charge in [-0.15, -0.1) is 0 Å². The molecule has 1 aliphatic carbocycles. The fourth-order valence-corrected chi connectivity index (χ4v) is 3.01. The summed E-state index contributed by atoms with van der Waals surface area (Å²) < 4.78 is 0. The van der Waals surface area contributed by atoms with Crippen molar-refractivity contribution in [3.05, 3.63) is 39.4 Å². The molecule has 110 valence electrons. The lowest BCUT2D eigenvalue weighted by Crippen LogP contribution is -2.38. The minimum Gasteiger partial charge on any atom is -0.389 e. The zero-order valence-electron chi connectivity index (χ0n) is 12.1. The molecule has 0 saturated heterocycles. The summed E-state index contributed by atoms with van der Waals surface area (Å²) in [6.45, 7) is 2.98. The molecule has 0 spiro atoms. The first kappa shape index (κ1) is 14.9. The lowest BCUT2D eigenvalue weighted by atomic mass is 10.0. The number of hydrogen-bond acceptors (Lipinski definition) is 4. The topological polar surface area (TPSA) is 66.6 Å². The van der Waals surface area contributed by atoms with Gasteiger partial charge in [0.05, 0.1) is 10.5 Å². The Bertz CT molecular complexity index is 496. The normalized spacial score (nSPS) is 17.6. The van der Waals surface area contributed by atoms with Gasteiger partial charge in [-0.05, 0) is 32.4 Å². The molecule has 5 heteroatoms. The molecule has 20 heavy (non-hydrogen) atoms. The van der Waals surface area contributed by atoms with Crippen LogP contribution in [0.1, 0.15) is 36.8 Å². The number of likely N-dealkylation sites (N-methyl/N-ethyl adjacent to an activating group) is 1. The molecule has 5 nitrogen and oxygen atoms in total. The van der Waals surface area contributed by atoms with E-state index in [1.165, 1.54) is 0 Å². The smallest absolute Gasteiger partial charge is 0.272 e. The molecule has 1 fully saturated rings. The highest BCUT2D eigenvalue weighted by Gasteiger charge is 2.32. The van der Waals surface area contributed by atoms with Gasteiger partial charge in [0, 0.05) is 24.7 Å². The van der Waals surface area contributed by atoms with Crippen LogP contribution in [0.15, 0.2) is 18.2 Å². The van der Waals surface area contributed by atoms with Crippen LogP contribution in [0.5, 0.6) is 0 Å². The number of nitro benzene ring substituents is 1. The van der Waals surface area contributed by atoms with Crippen molar-refractivity contribution in [2.24, 2.45) is 0 Å². The predicted molar refractivity (Wildman–Crippen MR) is 77.6 cm³/mol. The Morgan fingerprint density at radius 2 is 2.05 bits per heavy atom. The molecule has 0 aliphatic heterocycles. The fraction of sp³-hybridized carbons (Fsp3) is 0.600. The molecule has 0 radical (unpaired) electrons. The van der Waals surface area contributed by atoms with E-state index in [-0.39, 0.29) is 10.6 Å². The fourth-order valence-electron chi connectivity index (χ4n) is 3.01. The first-order valence-electron chi connectivity index (χ1n) is 7.04. The number of benzene rings is 1. The molecule has 2 rings (SSSR count). The number of hydrogen-bond donors (Lipinski definition) is 1. The molecule has 1 aromatic carbocycles. The van der Waals surface area contributed by atoms with Gasteiger partial charge in [-0.1, -0.05) is 25.0 Å². The van der Waals surface area contributed by atoms with E-state index >= 15 is 0 Å². The summed E-state index contributed by atoms with van der Waals surface area (Å²) in [5, 5.41) is 21.3. The maximum Gasteiger partial charge on any atom is 0.272 e. The van der Waals surface area contributed by atoms with Gasteiger partial charge in [0.2, 0.25) is 0 Å². The van der Waals surface area contributed by atoms with Crippen molar-refractivity contribution in [3.8, 4) is 0 Å². The summed E-state index contributed by atoms with van der Waals surface area (Å²) >= 11 is 0. The SMILES string of the molecule is Cc1ccc(CN(C)CC2(O)CCCC2)cc1[N+](=O)[O-]. The van der Waals surface area contributed by atoms with Gasteiger partial charge in [0.25, 0.3) is 5.69 Å². The Hall–Kier alpha value is -1.46. The van der Waals surface area contributed by atoms with Crippen molar-refractivity contribution in [1.82, 2.24) is 4.90 Å². The minimum atomic E-state index is -0.578. The highest BCUT2D eigenvalue weighted by molar-refractivity contribution is 5.42. The van der Waals surface area contributed by atoms with Crippen molar-refractivity contribution < 1.29 is 10.0 Å². The maximum atomic E-state index is 10.9. The van der Waals surface area contributed by atoms with Gasteiger partial charge in [0.1, 0.15) is 0 Å². The van der Waals surface area contributed by atoms with Crippen LogP contribution < -0.4 is 0 Å². The number of aliphatic hydroxyl groups is 1. The Morgan fingerprint density at radius 1 is 1.40 bits per heavy atom. The van der Waals surface area contributed by atoms with Crippen LogP contribution in [-0.4, -0.2) is 34.1 Å². The van der Waals surface area contributed by atoms with Crippen molar-refractivity contribution in [1.29, 1.82) is 0 Å². The Labute approximate surface area is 119 Å². The maximum absolute atomic E-state index is 10.9. The standard InChI is InChI=1S/C15H22N2O3/c1-12-5-6-13(9-14(12)17(19)20)10-16(2)11-15(18)7-3-4-8-15/h5-6,9,18H,3-4,7-8,10-11H2,1-2H3. The molecule has 0 atom stereocenters. The van der Waals surface area contributed by atoms with E-state index in [0.717, 1.165) is 31.2 Å². The van der Waals surface area contributed by atoms with Gasteiger partial charge in [0.15, 0.2) is 0 Å². The number of nitrogens with zero attached hydrogens (tertiary/aromatic N) is 2. The van der Waals surface area contributed by atoms with Crippen LogP contribution in [-0.2, 0) is 6.54 Å². The molecule has 0 unspecified atom stereocenters. The average molecular weight is 278 g/mol. The Kier molecular flexibility index (Phi) is 4.40.